The average molecular weight is 282 g/mol. The number of rotatable bonds is 3. The molecule has 0 fully saturated rings. The van der Waals surface area contributed by atoms with Gasteiger partial charge in [-0.05, 0) is 36.6 Å². The Hall–Kier alpha value is -2.09. The number of ketones is 1. The van der Waals surface area contributed by atoms with Crippen LogP contribution in [-0.4, -0.2) is 12.9 Å². The molecule has 2 nitrogen and oxygen atoms in total. The van der Waals surface area contributed by atoms with Crippen LogP contribution >= 0.6 is 0 Å². The predicted octanol–water partition coefficient (Wildman–Crippen LogP) is 4.53. The number of aryl methyl sites for hydroxylation is 1. The van der Waals surface area contributed by atoms with Crippen molar-refractivity contribution >= 4 is 5.78 Å². The Bertz CT molecular complexity index is 664. The summed E-state index contributed by atoms with van der Waals surface area (Å²) in [6.07, 6.45) is 0. The topological polar surface area (TPSA) is 26.3 Å². The molecule has 0 bridgehead atoms. The lowest BCUT2D eigenvalue weighted by atomic mass is 9.84. The van der Waals surface area contributed by atoms with E-state index in [9.17, 15) is 4.79 Å². The standard InChI is InChI=1S/C19H22O2/c1-13-7-6-8-14(11-13)18(20)15-9-10-17(21-5)16(12-15)19(2,3)4/h6-12H,1-5H3. The third-order valence-electron chi connectivity index (χ3n) is 3.55. The lowest BCUT2D eigenvalue weighted by molar-refractivity contribution is 0.103. The summed E-state index contributed by atoms with van der Waals surface area (Å²) in [5, 5.41) is 0. The van der Waals surface area contributed by atoms with Gasteiger partial charge in [-0.15, -0.1) is 0 Å². The van der Waals surface area contributed by atoms with Crippen LogP contribution in [0.5, 0.6) is 5.75 Å². The van der Waals surface area contributed by atoms with Crippen LogP contribution in [-0.2, 0) is 5.41 Å². The van der Waals surface area contributed by atoms with Gasteiger partial charge < -0.3 is 4.74 Å². The molecule has 2 rings (SSSR count). The molecule has 0 aliphatic rings. The lowest BCUT2D eigenvalue weighted by Gasteiger charge is -2.22. The van der Waals surface area contributed by atoms with E-state index in [1.165, 1.54) is 0 Å². The van der Waals surface area contributed by atoms with E-state index in [-0.39, 0.29) is 11.2 Å². The minimum atomic E-state index is -0.0752. The molecule has 110 valence electrons. The maximum atomic E-state index is 12.6. The largest absolute Gasteiger partial charge is 0.496 e. The summed E-state index contributed by atoms with van der Waals surface area (Å²) in [5.74, 6) is 0.871. The van der Waals surface area contributed by atoms with Crippen LogP contribution in [0.15, 0.2) is 42.5 Å². The highest BCUT2D eigenvalue weighted by molar-refractivity contribution is 6.09. The first kappa shape index (κ1) is 15.3. The molecule has 0 aliphatic carbocycles. The molecule has 0 saturated carbocycles. The van der Waals surface area contributed by atoms with Crippen LogP contribution in [0.25, 0.3) is 0 Å². The Morgan fingerprint density at radius 2 is 1.67 bits per heavy atom. The summed E-state index contributed by atoms with van der Waals surface area (Å²) in [4.78, 5) is 12.6. The van der Waals surface area contributed by atoms with Gasteiger partial charge in [0.25, 0.3) is 0 Å². The van der Waals surface area contributed by atoms with Crippen LogP contribution in [0, 0.1) is 6.92 Å². The SMILES string of the molecule is COc1ccc(C(=O)c2cccc(C)c2)cc1C(C)(C)C. The first-order valence-electron chi connectivity index (χ1n) is 7.13. The van der Waals surface area contributed by atoms with E-state index in [1.807, 2.05) is 49.4 Å². The second kappa shape index (κ2) is 5.72. The van der Waals surface area contributed by atoms with Gasteiger partial charge in [-0.1, -0.05) is 44.5 Å². The Labute approximate surface area is 126 Å². The van der Waals surface area contributed by atoms with E-state index in [0.717, 1.165) is 22.4 Å². The van der Waals surface area contributed by atoms with Crippen LogP contribution in [0.2, 0.25) is 0 Å². The zero-order valence-electron chi connectivity index (χ0n) is 13.4. The van der Waals surface area contributed by atoms with Crippen LogP contribution in [0.1, 0.15) is 47.8 Å². The van der Waals surface area contributed by atoms with Crippen molar-refractivity contribution < 1.29 is 9.53 Å². The van der Waals surface area contributed by atoms with Gasteiger partial charge in [0.1, 0.15) is 5.75 Å². The molecule has 0 radical (unpaired) electrons. The van der Waals surface area contributed by atoms with E-state index < -0.39 is 0 Å². The molecule has 0 aliphatic heterocycles. The van der Waals surface area contributed by atoms with Crippen LogP contribution in [0.3, 0.4) is 0 Å². The molecule has 2 heteroatoms. The first-order chi connectivity index (χ1) is 9.82. The van der Waals surface area contributed by atoms with Crippen molar-refractivity contribution in [2.24, 2.45) is 0 Å². The minimum Gasteiger partial charge on any atom is -0.496 e. The van der Waals surface area contributed by atoms with Gasteiger partial charge in [-0.3, -0.25) is 4.79 Å². The molecule has 0 amide bonds. The van der Waals surface area contributed by atoms with Crippen molar-refractivity contribution in [2.45, 2.75) is 33.1 Å². The van der Waals surface area contributed by atoms with Gasteiger partial charge in [0.2, 0.25) is 0 Å². The summed E-state index contributed by atoms with van der Waals surface area (Å²) >= 11 is 0. The molecule has 0 N–H and O–H groups in total. The summed E-state index contributed by atoms with van der Waals surface area (Å²) < 4.78 is 5.42. The molecule has 21 heavy (non-hydrogen) atoms. The maximum absolute atomic E-state index is 12.6. The fraction of sp³-hybridized carbons (Fsp3) is 0.316. The molecular weight excluding hydrogens is 260 g/mol. The van der Waals surface area contributed by atoms with Crippen LogP contribution < -0.4 is 4.74 Å². The summed E-state index contributed by atoms with van der Waals surface area (Å²) in [6, 6.07) is 13.3. The number of carbonyl (C=O) groups is 1. The lowest BCUT2D eigenvalue weighted by Crippen LogP contribution is -2.14. The van der Waals surface area contributed by atoms with E-state index in [0.29, 0.717) is 5.56 Å². The van der Waals surface area contributed by atoms with Gasteiger partial charge in [-0.2, -0.15) is 0 Å². The molecule has 2 aromatic carbocycles. The number of ether oxygens (including phenoxy) is 1. The van der Waals surface area contributed by atoms with E-state index in [1.54, 1.807) is 7.11 Å². The Morgan fingerprint density at radius 1 is 1.00 bits per heavy atom. The van der Waals surface area contributed by atoms with Gasteiger partial charge in [-0.25, -0.2) is 0 Å². The second-order valence-corrected chi connectivity index (χ2v) is 6.36. The zero-order valence-corrected chi connectivity index (χ0v) is 13.4. The summed E-state index contributed by atoms with van der Waals surface area (Å²) in [5.41, 5.74) is 3.48. The number of hydrogen-bond acceptors (Lipinski definition) is 2. The van der Waals surface area contributed by atoms with Crippen LogP contribution in [0.4, 0.5) is 0 Å². The third-order valence-corrected chi connectivity index (χ3v) is 3.55. The normalized spacial score (nSPS) is 11.3. The third kappa shape index (κ3) is 3.33. The summed E-state index contributed by atoms with van der Waals surface area (Å²) in [7, 11) is 1.66. The average Bonchev–Trinajstić information content (AvgIpc) is 2.45. The maximum Gasteiger partial charge on any atom is 0.193 e. The van der Waals surface area contributed by atoms with Crippen molar-refractivity contribution in [3.8, 4) is 5.75 Å². The highest BCUT2D eigenvalue weighted by atomic mass is 16.5. The Balaban J connectivity index is 2.48. The molecule has 0 saturated heterocycles. The van der Waals surface area contributed by atoms with Gasteiger partial charge >= 0.3 is 0 Å². The molecular formula is C19H22O2. The first-order valence-corrected chi connectivity index (χ1v) is 7.13. The fourth-order valence-corrected chi connectivity index (χ4v) is 2.39. The monoisotopic (exact) mass is 282 g/mol. The molecule has 0 spiro atoms. The molecule has 2 aromatic rings. The van der Waals surface area contributed by atoms with Crippen molar-refractivity contribution in [3.63, 3.8) is 0 Å². The van der Waals surface area contributed by atoms with Gasteiger partial charge in [0.05, 0.1) is 7.11 Å². The van der Waals surface area contributed by atoms with Gasteiger partial charge in [0.15, 0.2) is 5.78 Å². The number of benzene rings is 2. The van der Waals surface area contributed by atoms with Gasteiger partial charge in [0, 0.05) is 16.7 Å². The predicted molar refractivity (Wildman–Crippen MR) is 86.3 cm³/mol. The fourth-order valence-electron chi connectivity index (χ4n) is 2.39. The number of hydrogen-bond donors (Lipinski definition) is 0. The zero-order chi connectivity index (χ0) is 15.6. The number of carbonyl (C=O) groups excluding carboxylic acids is 1. The Morgan fingerprint density at radius 3 is 2.24 bits per heavy atom. The minimum absolute atomic E-state index is 0.0480. The van der Waals surface area contributed by atoms with E-state index >= 15 is 0 Å². The highest BCUT2D eigenvalue weighted by Crippen LogP contribution is 2.32. The van der Waals surface area contributed by atoms with Crippen molar-refractivity contribution in [1.29, 1.82) is 0 Å². The number of methoxy groups -OCH3 is 1. The molecule has 0 atom stereocenters. The molecule has 0 heterocycles. The Kier molecular flexibility index (Phi) is 4.17. The quantitative estimate of drug-likeness (QED) is 0.773. The van der Waals surface area contributed by atoms with Crippen molar-refractivity contribution in [3.05, 3.63) is 64.7 Å². The van der Waals surface area contributed by atoms with Crippen molar-refractivity contribution in [1.82, 2.24) is 0 Å². The van der Waals surface area contributed by atoms with Crippen molar-refractivity contribution in [2.75, 3.05) is 7.11 Å². The second-order valence-electron chi connectivity index (χ2n) is 6.36. The van der Waals surface area contributed by atoms with E-state index in [2.05, 4.69) is 20.8 Å². The smallest absolute Gasteiger partial charge is 0.193 e. The molecule has 0 aromatic heterocycles. The summed E-state index contributed by atoms with van der Waals surface area (Å²) in [6.45, 7) is 8.34. The molecule has 0 unspecified atom stereocenters. The van der Waals surface area contributed by atoms with E-state index in [4.69, 9.17) is 4.74 Å². The highest BCUT2D eigenvalue weighted by Gasteiger charge is 2.21.